The summed E-state index contributed by atoms with van der Waals surface area (Å²) in [6.45, 7) is 6.67. The average Bonchev–Trinajstić information content (AvgIpc) is 2.74. The van der Waals surface area contributed by atoms with Crippen LogP contribution in [0.4, 0.5) is 0 Å². The number of aromatic nitrogens is 1. The first-order valence-electron chi connectivity index (χ1n) is 9.94. The van der Waals surface area contributed by atoms with Crippen LogP contribution in [0.3, 0.4) is 0 Å². The fraction of sp³-hybridized carbons (Fsp3) is 0.409. The number of ether oxygens (including phenoxy) is 1. The van der Waals surface area contributed by atoms with Crippen molar-refractivity contribution in [2.45, 2.75) is 33.4 Å². The molecule has 2 aromatic rings. The maximum atomic E-state index is 12.0. The molecule has 0 unspecified atom stereocenters. The Kier molecular flexibility index (Phi) is 8.95. The average molecular weight is 398 g/mol. The third kappa shape index (κ3) is 7.44. The molecule has 2 rings (SSSR count). The summed E-state index contributed by atoms with van der Waals surface area (Å²) < 4.78 is 5.50. The largest absolute Gasteiger partial charge is 0.478 e. The molecular weight excluding hydrogens is 366 g/mol. The molecule has 1 heterocycles. The second-order valence-electron chi connectivity index (χ2n) is 6.80. The van der Waals surface area contributed by atoms with Gasteiger partial charge in [0.1, 0.15) is 0 Å². The number of amides is 1. The van der Waals surface area contributed by atoms with Gasteiger partial charge in [-0.25, -0.2) is 9.98 Å². The zero-order chi connectivity index (χ0) is 21.1. The molecule has 0 aliphatic rings. The van der Waals surface area contributed by atoms with Crippen LogP contribution in [-0.2, 0) is 13.1 Å². The van der Waals surface area contributed by atoms with Crippen LogP contribution >= 0.6 is 0 Å². The van der Waals surface area contributed by atoms with Crippen molar-refractivity contribution in [1.82, 2.24) is 20.5 Å². The number of nitrogens with zero attached hydrogens (tertiary/aromatic N) is 3. The van der Waals surface area contributed by atoms with Crippen molar-refractivity contribution in [2.75, 3.05) is 27.2 Å². The van der Waals surface area contributed by atoms with Gasteiger partial charge >= 0.3 is 0 Å². The summed E-state index contributed by atoms with van der Waals surface area (Å²) in [5, 5.41) is 6.56. The first kappa shape index (κ1) is 22.2. The first-order chi connectivity index (χ1) is 14.0. The van der Waals surface area contributed by atoms with E-state index in [9.17, 15) is 4.79 Å². The molecule has 29 heavy (non-hydrogen) atoms. The number of hydrogen-bond acceptors (Lipinski definition) is 4. The second kappa shape index (κ2) is 11.7. The molecule has 1 aromatic carbocycles. The normalized spacial score (nSPS) is 11.1. The van der Waals surface area contributed by atoms with Crippen LogP contribution in [0.15, 0.2) is 47.6 Å². The van der Waals surface area contributed by atoms with E-state index in [2.05, 4.69) is 27.5 Å². The van der Waals surface area contributed by atoms with Gasteiger partial charge in [-0.1, -0.05) is 25.1 Å². The number of nitrogens with one attached hydrogen (secondary N) is 2. The van der Waals surface area contributed by atoms with Gasteiger partial charge in [-0.15, -0.1) is 0 Å². The van der Waals surface area contributed by atoms with Gasteiger partial charge in [-0.05, 0) is 36.6 Å². The van der Waals surface area contributed by atoms with Gasteiger partial charge < -0.3 is 20.3 Å². The molecule has 0 saturated heterocycles. The summed E-state index contributed by atoms with van der Waals surface area (Å²) in [6, 6.07) is 11.4. The highest BCUT2D eigenvalue weighted by Gasteiger charge is 2.07. The predicted molar refractivity (Wildman–Crippen MR) is 116 cm³/mol. The van der Waals surface area contributed by atoms with Gasteiger partial charge in [0.25, 0.3) is 5.91 Å². The lowest BCUT2D eigenvalue weighted by molar-refractivity contribution is 0.0827. The van der Waals surface area contributed by atoms with E-state index >= 15 is 0 Å². The quantitative estimate of drug-likeness (QED) is 0.502. The van der Waals surface area contributed by atoms with Gasteiger partial charge in [0, 0.05) is 45.0 Å². The highest BCUT2D eigenvalue weighted by atomic mass is 16.5. The molecule has 0 aliphatic heterocycles. The lowest BCUT2D eigenvalue weighted by Gasteiger charge is -2.13. The molecule has 0 radical (unpaired) electrons. The third-order valence-corrected chi connectivity index (χ3v) is 4.08. The van der Waals surface area contributed by atoms with Crippen molar-refractivity contribution in [3.05, 3.63) is 59.3 Å². The molecule has 0 atom stereocenters. The van der Waals surface area contributed by atoms with Crippen molar-refractivity contribution in [3.63, 3.8) is 0 Å². The fourth-order valence-corrected chi connectivity index (χ4v) is 2.52. The van der Waals surface area contributed by atoms with E-state index in [0.717, 1.165) is 30.1 Å². The van der Waals surface area contributed by atoms with Crippen LogP contribution < -0.4 is 15.4 Å². The van der Waals surface area contributed by atoms with Crippen LogP contribution in [0.5, 0.6) is 5.88 Å². The topological polar surface area (TPSA) is 78.8 Å². The second-order valence-corrected chi connectivity index (χ2v) is 6.80. The Hall–Kier alpha value is -3.09. The SMILES string of the molecule is CCCOc1ccc(CN=C(NCC)NCc2ccc(C(=O)N(C)C)cc2)cn1. The van der Waals surface area contributed by atoms with Crippen molar-refractivity contribution < 1.29 is 9.53 Å². The molecule has 0 spiro atoms. The van der Waals surface area contributed by atoms with Crippen molar-refractivity contribution >= 4 is 11.9 Å². The summed E-state index contributed by atoms with van der Waals surface area (Å²) in [5.41, 5.74) is 2.76. The highest BCUT2D eigenvalue weighted by molar-refractivity contribution is 5.93. The summed E-state index contributed by atoms with van der Waals surface area (Å²) in [4.78, 5) is 22.5. The molecule has 156 valence electrons. The molecule has 7 nitrogen and oxygen atoms in total. The number of carbonyl (C=O) groups excluding carboxylic acids is 1. The minimum absolute atomic E-state index is 0.000803. The summed E-state index contributed by atoms with van der Waals surface area (Å²) >= 11 is 0. The van der Waals surface area contributed by atoms with E-state index in [1.807, 2.05) is 43.3 Å². The maximum Gasteiger partial charge on any atom is 0.253 e. The van der Waals surface area contributed by atoms with E-state index in [0.29, 0.717) is 31.1 Å². The first-order valence-corrected chi connectivity index (χ1v) is 9.94. The monoisotopic (exact) mass is 397 g/mol. The van der Waals surface area contributed by atoms with Crippen LogP contribution in [0.1, 0.15) is 41.8 Å². The van der Waals surface area contributed by atoms with E-state index in [1.54, 1.807) is 25.2 Å². The minimum atomic E-state index is -0.000803. The Morgan fingerprint density at radius 2 is 1.79 bits per heavy atom. The number of benzene rings is 1. The van der Waals surface area contributed by atoms with Crippen LogP contribution in [0.2, 0.25) is 0 Å². The van der Waals surface area contributed by atoms with Crippen LogP contribution in [0.25, 0.3) is 0 Å². The standard InChI is InChI=1S/C22H31N5O2/c1-5-13-29-20-12-9-18(15-24-20)16-26-22(23-6-2)25-14-17-7-10-19(11-8-17)21(28)27(3)4/h7-12,15H,5-6,13-14,16H2,1-4H3,(H2,23,25,26). The van der Waals surface area contributed by atoms with Crippen LogP contribution in [0, 0.1) is 0 Å². The molecule has 1 amide bonds. The minimum Gasteiger partial charge on any atom is -0.478 e. The van der Waals surface area contributed by atoms with Gasteiger partial charge in [-0.2, -0.15) is 0 Å². The Morgan fingerprint density at radius 3 is 2.38 bits per heavy atom. The summed E-state index contributed by atoms with van der Waals surface area (Å²) in [7, 11) is 3.50. The smallest absolute Gasteiger partial charge is 0.253 e. The molecular formula is C22H31N5O2. The van der Waals surface area contributed by atoms with E-state index in [4.69, 9.17) is 4.74 Å². The van der Waals surface area contributed by atoms with Gasteiger partial charge in [-0.3, -0.25) is 4.79 Å². The van der Waals surface area contributed by atoms with Crippen molar-refractivity contribution in [2.24, 2.45) is 4.99 Å². The van der Waals surface area contributed by atoms with Gasteiger partial charge in [0.2, 0.25) is 5.88 Å². The Labute approximate surface area is 173 Å². The maximum absolute atomic E-state index is 12.0. The lowest BCUT2D eigenvalue weighted by atomic mass is 10.1. The Morgan fingerprint density at radius 1 is 1.07 bits per heavy atom. The molecule has 7 heteroatoms. The zero-order valence-electron chi connectivity index (χ0n) is 17.7. The number of carbonyl (C=O) groups is 1. The van der Waals surface area contributed by atoms with Crippen molar-refractivity contribution in [1.29, 1.82) is 0 Å². The molecule has 0 bridgehead atoms. The van der Waals surface area contributed by atoms with Crippen molar-refractivity contribution in [3.8, 4) is 5.88 Å². The van der Waals surface area contributed by atoms with E-state index in [1.165, 1.54) is 0 Å². The molecule has 1 aromatic heterocycles. The summed E-state index contributed by atoms with van der Waals surface area (Å²) in [5.74, 6) is 1.37. The molecule has 0 aliphatic carbocycles. The number of pyridine rings is 1. The van der Waals surface area contributed by atoms with Crippen LogP contribution in [-0.4, -0.2) is 49.0 Å². The Bertz CT molecular complexity index is 786. The number of aliphatic imine (C=N–C) groups is 1. The summed E-state index contributed by atoms with van der Waals surface area (Å²) in [6.07, 6.45) is 2.75. The van der Waals surface area contributed by atoms with E-state index in [-0.39, 0.29) is 5.91 Å². The molecule has 0 saturated carbocycles. The molecule has 2 N–H and O–H groups in total. The number of rotatable bonds is 9. The van der Waals surface area contributed by atoms with Gasteiger partial charge in [0.15, 0.2) is 5.96 Å². The fourth-order valence-electron chi connectivity index (χ4n) is 2.52. The van der Waals surface area contributed by atoms with E-state index < -0.39 is 0 Å². The zero-order valence-corrected chi connectivity index (χ0v) is 17.7. The third-order valence-electron chi connectivity index (χ3n) is 4.08. The number of guanidine groups is 1. The number of hydrogen-bond donors (Lipinski definition) is 2. The highest BCUT2D eigenvalue weighted by Crippen LogP contribution is 2.09. The van der Waals surface area contributed by atoms with Gasteiger partial charge in [0.05, 0.1) is 13.2 Å². The Balaban J connectivity index is 1.92. The molecule has 0 fully saturated rings. The predicted octanol–water partition coefficient (Wildman–Crippen LogP) is 2.83. The lowest BCUT2D eigenvalue weighted by Crippen LogP contribution is -2.36.